The van der Waals surface area contributed by atoms with E-state index in [1.807, 2.05) is 0 Å². The van der Waals surface area contributed by atoms with Crippen LogP contribution < -0.4 is 11.1 Å². The number of nitrogens with two attached hydrogens (primary N) is 1. The van der Waals surface area contributed by atoms with Gasteiger partial charge in [-0.05, 0) is 31.5 Å². The Hall–Kier alpha value is -1.49. The lowest BCUT2D eigenvalue weighted by atomic mass is 9.92. The number of carbonyl (C=O) groups excluding carboxylic acids is 1. The summed E-state index contributed by atoms with van der Waals surface area (Å²) < 4.78 is 12.7. The van der Waals surface area contributed by atoms with Crippen LogP contribution >= 0.6 is 12.2 Å². The average Bonchev–Trinajstić information content (AvgIpc) is 2.27. The van der Waals surface area contributed by atoms with Crippen LogP contribution in [-0.2, 0) is 11.3 Å². The van der Waals surface area contributed by atoms with Crippen molar-refractivity contribution in [1.29, 1.82) is 0 Å². The van der Waals surface area contributed by atoms with Crippen LogP contribution in [0.5, 0.6) is 0 Å². The highest BCUT2D eigenvalue weighted by molar-refractivity contribution is 7.80. The fraction of sp³-hybridized carbons (Fsp3) is 0.333. The predicted molar refractivity (Wildman–Crippen MR) is 68.8 cm³/mol. The average molecular weight is 254 g/mol. The third-order valence-electron chi connectivity index (χ3n) is 2.55. The number of carbonyl (C=O) groups is 1. The number of rotatable bonds is 4. The zero-order chi connectivity index (χ0) is 13.1. The molecule has 0 atom stereocenters. The summed E-state index contributed by atoms with van der Waals surface area (Å²) in [5.74, 6) is -0.544. The van der Waals surface area contributed by atoms with Gasteiger partial charge in [-0.25, -0.2) is 4.39 Å². The fourth-order valence-corrected chi connectivity index (χ4v) is 1.21. The molecule has 1 rings (SSSR count). The highest BCUT2D eigenvalue weighted by Gasteiger charge is 2.30. The SMILES string of the molecule is CC(C)(C(=O)NCc1ccc(F)cc1)C(N)=S. The Morgan fingerprint density at radius 1 is 1.41 bits per heavy atom. The normalized spacial score (nSPS) is 11.0. The summed E-state index contributed by atoms with van der Waals surface area (Å²) in [6.45, 7) is 3.65. The van der Waals surface area contributed by atoms with E-state index in [4.69, 9.17) is 18.0 Å². The van der Waals surface area contributed by atoms with Crippen molar-refractivity contribution >= 4 is 23.1 Å². The van der Waals surface area contributed by atoms with Crippen molar-refractivity contribution in [1.82, 2.24) is 5.32 Å². The highest BCUT2D eigenvalue weighted by Crippen LogP contribution is 2.15. The molecule has 0 aliphatic heterocycles. The van der Waals surface area contributed by atoms with Crippen LogP contribution in [-0.4, -0.2) is 10.9 Å². The largest absolute Gasteiger partial charge is 0.392 e. The van der Waals surface area contributed by atoms with Crippen LogP contribution in [0.15, 0.2) is 24.3 Å². The molecule has 0 aliphatic carbocycles. The first-order valence-electron chi connectivity index (χ1n) is 5.16. The Kier molecular flexibility index (Phi) is 4.17. The van der Waals surface area contributed by atoms with E-state index >= 15 is 0 Å². The molecule has 0 aromatic heterocycles. The second kappa shape index (κ2) is 5.23. The number of hydrogen-bond acceptors (Lipinski definition) is 2. The van der Waals surface area contributed by atoms with E-state index in [1.54, 1.807) is 26.0 Å². The van der Waals surface area contributed by atoms with Crippen LogP contribution in [0.2, 0.25) is 0 Å². The molecule has 0 saturated carbocycles. The second-order valence-electron chi connectivity index (χ2n) is 4.30. The van der Waals surface area contributed by atoms with Crippen LogP contribution in [0.1, 0.15) is 19.4 Å². The summed E-state index contributed by atoms with van der Waals surface area (Å²) in [5.41, 5.74) is 5.42. The zero-order valence-corrected chi connectivity index (χ0v) is 10.6. The maximum Gasteiger partial charge on any atom is 0.232 e. The van der Waals surface area contributed by atoms with Crippen LogP contribution in [0.25, 0.3) is 0 Å². The van der Waals surface area contributed by atoms with Crippen LogP contribution in [0.4, 0.5) is 4.39 Å². The van der Waals surface area contributed by atoms with Gasteiger partial charge < -0.3 is 11.1 Å². The molecule has 1 amide bonds. The van der Waals surface area contributed by atoms with E-state index in [0.29, 0.717) is 6.54 Å². The van der Waals surface area contributed by atoms with Crippen molar-refractivity contribution in [2.24, 2.45) is 11.1 Å². The van der Waals surface area contributed by atoms with Gasteiger partial charge in [-0.3, -0.25) is 4.79 Å². The molecule has 0 aliphatic rings. The van der Waals surface area contributed by atoms with Gasteiger partial charge in [-0.2, -0.15) is 0 Å². The third kappa shape index (κ3) is 3.49. The van der Waals surface area contributed by atoms with Gasteiger partial charge in [0.2, 0.25) is 5.91 Å². The zero-order valence-electron chi connectivity index (χ0n) is 9.79. The van der Waals surface area contributed by atoms with Gasteiger partial charge >= 0.3 is 0 Å². The molecule has 0 heterocycles. The second-order valence-corrected chi connectivity index (χ2v) is 4.74. The topological polar surface area (TPSA) is 55.1 Å². The number of nitrogens with one attached hydrogen (secondary N) is 1. The van der Waals surface area contributed by atoms with E-state index in [1.165, 1.54) is 12.1 Å². The van der Waals surface area contributed by atoms with Crippen molar-refractivity contribution in [2.75, 3.05) is 0 Å². The molecule has 0 fully saturated rings. The molecular formula is C12H15FN2OS. The summed E-state index contributed by atoms with van der Waals surface area (Å²) in [5, 5.41) is 2.71. The maximum atomic E-state index is 12.7. The van der Waals surface area contributed by atoms with E-state index in [0.717, 1.165) is 5.56 Å². The van der Waals surface area contributed by atoms with Gasteiger partial charge in [0, 0.05) is 6.54 Å². The molecule has 5 heteroatoms. The molecule has 0 spiro atoms. The Balaban J connectivity index is 2.60. The number of halogens is 1. The quantitative estimate of drug-likeness (QED) is 0.805. The lowest BCUT2D eigenvalue weighted by Crippen LogP contribution is -2.44. The molecule has 17 heavy (non-hydrogen) atoms. The fourth-order valence-electron chi connectivity index (χ4n) is 1.12. The van der Waals surface area contributed by atoms with Crippen molar-refractivity contribution in [3.63, 3.8) is 0 Å². The predicted octanol–water partition coefficient (Wildman–Crippen LogP) is 1.75. The van der Waals surface area contributed by atoms with Crippen LogP contribution in [0.3, 0.4) is 0 Å². The smallest absolute Gasteiger partial charge is 0.232 e. The molecule has 92 valence electrons. The Labute approximate surface area is 105 Å². The van der Waals surface area contributed by atoms with E-state index in [9.17, 15) is 9.18 Å². The number of thiocarbonyl (C=S) groups is 1. The third-order valence-corrected chi connectivity index (χ3v) is 3.06. The van der Waals surface area contributed by atoms with E-state index in [-0.39, 0.29) is 16.7 Å². The molecule has 0 unspecified atom stereocenters. The van der Waals surface area contributed by atoms with E-state index < -0.39 is 5.41 Å². The minimum Gasteiger partial charge on any atom is -0.392 e. The van der Waals surface area contributed by atoms with Crippen molar-refractivity contribution < 1.29 is 9.18 Å². The molecule has 0 saturated heterocycles. The van der Waals surface area contributed by atoms with Gasteiger partial charge in [0.15, 0.2) is 0 Å². The van der Waals surface area contributed by atoms with E-state index in [2.05, 4.69) is 5.32 Å². The molecule has 1 aromatic rings. The first kappa shape index (κ1) is 13.6. The van der Waals surface area contributed by atoms with Crippen molar-refractivity contribution in [3.05, 3.63) is 35.6 Å². The summed E-state index contributed by atoms with van der Waals surface area (Å²) in [6, 6.07) is 5.92. The molecular weight excluding hydrogens is 239 g/mol. The van der Waals surface area contributed by atoms with Gasteiger partial charge in [0.25, 0.3) is 0 Å². The number of hydrogen-bond donors (Lipinski definition) is 2. The lowest BCUT2D eigenvalue weighted by molar-refractivity contribution is -0.126. The highest BCUT2D eigenvalue weighted by atomic mass is 32.1. The molecule has 1 aromatic carbocycles. The number of benzene rings is 1. The molecule has 3 N–H and O–H groups in total. The minimum atomic E-state index is -0.880. The van der Waals surface area contributed by atoms with Gasteiger partial charge in [0.05, 0.1) is 10.4 Å². The Morgan fingerprint density at radius 3 is 2.41 bits per heavy atom. The minimum absolute atomic E-state index is 0.147. The lowest BCUT2D eigenvalue weighted by Gasteiger charge is -2.21. The van der Waals surface area contributed by atoms with Gasteiger partial charge in [0.1, 0.15) is 5.82 Å². The monoisotopic (exact) mass is 254 g/mol. The number of amides is 1. The summed E-state index contributed by atoms with van der Waals surface area (Å²) >= 11 is 4.82. The maximum absolute atomic E-state index is 12.7. The standard InChI is InChI=1S/C12H15FN2OS/c1-12(2,10(14)17)11(16)15-7-8-3-5-9(13)6-4-8/h3-6H,7H2,1-2H3,(H2,14,17)(H,15,16). The van der Waals surface area contributed by atoms with Gasteiger partial charge in [-0.15, -0.1) is 0 Å². The van der Waals surface area contributed by atoms with Gasteiger partial charge in [-0.1, -0.05) is 24.4 Å². The molecule has 3 nitrogen and oxygen atoms in total. The van der Waals surface area contributed by atoms with Crippen LogP contribution in [0, 0.1) is 11.2 Å². The Bertz CT molecular complexity index is 429. The van der Waals surface area contributed by atoms with Crippen molar-refractivity contribution in [3.8, 4) is 0 Å². The summed E-state index contributed by atoms with van der Waals surface area (Å²) in [4.78, 5) is 11.9. The van der Waals surface area contributed by atoms with Crippen molar-refractivity contribution in [2.45, 2.75) is 20.4 Å². The summed E-state index contributed by atoms with van der Waals surface area (Å²) in [6.07, 6.45) is 0. The first-order valence-corrected chi connectivity index (χ1v) is 5.57. The Morgan fingerprint density at radius 2 is 1.94 bits per heavy atom. The summed E-state index contributed by atoms with van der Waals surface area (Å²) in [7, 11) is 0. The molecule has 0 radical (unpaired) electrons. The first-order chi connectivity index (χ1) is 7.84. The molecule has 0 bridgehead atoms.